The van der Waals surface area contributed by atoms with Crippen LogP contribution in [0.2, 0.25) is 0 Å². The number of pyridine rings is 1. The van der Waals surface area contributed by atoms with Crippen molar-refractivity contribution in [3.63, 3.8) is 0 Å². The summed E-state index contributed by atoms with van der Waals surface area (Å²) in [7, 11) is 2.11. The van der Waals surface area contributed by atoms with Crippen molar-refractivity contribution in [2.75, 3.05) is 20.1 Å². The number of hydrogen-bond acceptors (Lipinski definition) is 4. The largest absolute Gasteiger partial charge is 0.329 e. The van der Waals surface area contributed by atoms with Crippen molar-refractivity contribution in [3.8, 4) is 0 Å². The molecule has 5 heteroatoms. The first kappa shape index (κ1) is 14.7. The van der Waals surface area contributed by atoms with Crippen LogP contribution >= 0.6 is 0 Å². The summed E-state index contributed by atoms with van der Waals surface area (Å²) in [6.45, 7) is 4.53. The highest BCUT2D eigenvalue weighted by Crippen LogP contribution is 2.18. The Kier molecular flexibility index (Phi) is 5.26. The first-order chi connectivity index (χ1) is 9.74. The molecule has 2 aromatic rings. The van der Waals surface area contributed by atoms with Crippen LogP contribution in [-0.4, -0.2) is 39.8 Å². The molecular formula is C15H23N5. The molecule has 0 spiro atoms. The van der Waals surface area contributed by atoms with Gasteiger partial charge in [0.15, 0.2) is 0 Å². The highest BCUT2D eigenvalue weighted by Gasteiger charge is 2.16. The molecular weight excluding hydrogens is 250 g/mol. The standard InChI is InChI=1S/C15H23N5/c1-3-20-12-14(11-18-20)15(10-16)19(2)9-6-13-4-7-17-8-5-13/h4-5,7-8,11-12,15H,3,6,9-10,16H2,1-2H3. The van der Waals surface area contributed by atoms with Crippen molar-refractivity contribution in [2.45, 2.75) is 25.9 Å². The minimum Gasteiger partial charge on any atom is -0.329 e. The van der Waals surface area contributed by atoms with E-state index in [1.54, 1.807) is 0 Å². The van der Waals surface area contributed by atoms with Gasteiger partial charge in [0.25, 0.3) is 0 Å². The van der Waals surface area contributed by atoms with E-state index < -0.39 is 0 Å². The molecule has 2 heterocycles. The predicted octanol–water partition coefficient (Wildman–Crippen LogP) is 1.47. The van der Waals surface area contributed by atoms with E-state index >= 15 is 0 Å². The second-order valence-corrected chi connectivity index (χ2v) is 4.97. The molecule has 5 nitrogen and oxygen atoms in total. The summed E-state index contributed by atoms with van der Waals surface area (Å²) < 4.78 is 1.94. The van der Waals surface area contributed by atoms with Gasteiger partial charge in [0, 0.05) is 49.8 Å². The van der Waals surface area contributed by atoms with Gasteiger partial charge in [0.2, 0.25) is 0 Å². The number of aromatic nitrogens is 3. The normalized spacial score (nSPS) is 12.8. The molecule has 108 valence electrons. The van der Waals surface area contributed by atoms with Gasteiger partial charge < -0.3 is 5.73 Å². The minimum atomic E-state index is 0.220. The lowest BCUT2D eigenvalue weighted by Gasteiger charge is -2.26. The van der Waals surface area contributed by atoms with Crippen LogP contribution < -0.4 is 5.73 Å². The molecule has 0 saturated carbocycles. The number of likely N-dealkylation sites (N-methyl/N-ethyl adjacent to an activating group) is 1. The lowest BCUT2D eigenvalue weighted by Crippen LogP contribution is -2.32. The van der Waals surface area contributed by atoms with Crippen LogP contribution in [0.4, 0.5) is 0 Å². The van der Waals surface area contributed by atoms with E-state index in [2.05, 4.69) is 47.3 Å². The number of hydrogen-bond donors (Lipinski definition) is 1. The average Bonchev–Trinajstić information content (AvgIpc) is 2.96. The second kappa shape index (κ2) is 7.17. The number of aryl methyl sites for hydroxylation is 1. The molecule has 0 saturated heterocycles. The molecule has 0 bridgehead atoms. The van der Waals surface area contributed by atoms with Crippen LogP contribution in [0.15, 0.2) is 36.9 Å². The molecule has 0 amide bonds. The van der Waals surface area contributed by atoms with Crippen LogP contribution in [0, 0.1) is 0 Å². The van der Waals surface area contributed by atoms with E-state index in [0.29, 0.717) is 6.54 Å². The van der Waals surface area contributed by atoms with Crippen LogP contribution in [0.1, 0.15) is 24.1 Å². The Labute approximate surface area is 120 Å². The van der Waals surface area contributed by atoms with E-state index in [4.69, 9.17) is 5.73 Å². The van der Waals surface area contributed by atoms with Gasteiger partial charge >= 0.3 is 0 Å². The molecule has 0 aliphatic rings. The monoisotopic (exact) mass is 273 g/mol. The van der Waals surface area contributed by atoms with E-state index in [9.17, 15) is 0 Å². The SMILES string of the molecule is CCn1cc(C(CN)N(C)CCc2ccncc2)cn1. The maximum Gasteiger partial charge on any atom is 0.0538 e. The van der Waals surface area contributed by atoms with Gasteiger partial charge in [0.05, 0.1) is 6.20 Å². The fourth-order valence-electron chi connectivity index (χ4n) is 2.31. The quantitative estimate of drug-likeness (QED) is 0.830. The van der Waals surface area contributed by atoms with Crippen molar-refractivity contribution in [1.29, 1.82) is 0 Å². The zero-order valence-corrected chi connectivity index (χ0v) is 12.2. The molecule has 0 aromatic carbocycles. The summed E-state index contributed by atoms with van der Waals surface area (Å²) in [5, 5.41) is 4.33. The van der Waals surface area contributed by atoms with Crippen molar-refractivity contribution in [2.24, 2.45) is 5.73 Å². The lowest BCUT2D eigenvalue weighted by molar-refractivity contribution is 0.253. The Morgan fingerprint density at radius 3 is 2.70 bits per heavy atom. The van der Waals surface area contributed by atoms with Crippen LogP contribution in [0.5, 0.6) is 0 Å². The van der Waals surface area contributed by atoms with Gasteiger partial charge in [-0.1, -0.05) is 0 Å². The zero-order chi connectivity index (χ0) is 14.4. The molecule has 1 unspecified atom stereocenters. The molecule has 2 rings (SSSR count). The predicted molar refractivity (Wildman–Crippen MR) is 80.3 cm³/mol. The van der Waals surface area contributed by atoms with E-state index in [1.165, 1.54) is 11.1 Å². The Hall–Kier alpha value is -1.72. The van der Waals surface area contributed by atoms with Crippen molar-refractivity contribution in [3.05, 3.63) is 48.0 Å². The molecule has 0 aliphatic heterocycles. The number of nitrogens with zero attached hydrogens (tertiary/aromatic N) is 4. The fraction of sp³-hybridized carbons (Fsp3) is 0.467. The van der Waals surface area contributed by atoms with E-state index in [1.807, 2.05) is 23.3 Å². The third-order valence-electron chi connectivity index (χ3n) is 3.62. The minimum absolute atomic E-state index is 0.220. The highest BCUT2D eigenvalue weighted by molar-refractivity contribution is 5.13. The first-order valence-corrected chi connectivity index (χ1v) is 7.06. The van der Waals surface area contributed by atoms with Gasteiger partial charge in [-0.05, 0) is 38.1 Å². The fourth-order valence-corrected chi connectivity index (χ4v) is 2.31. The highest BCUT2D eigenvalue weighted by atomic mass is 15.3. The second-order valence-electron chi connectivity index (χ2n) is 4.97. The zero-order valence-electron chi connectivity index (χ0n) is 12.2. The van der Waals surface area contributed by atoms with Crippen molar-refractivity contribution >= 4 is 0 Å². The topological polar surface area (TPSA) is 60.0 Å². The van der Waals surface area contributed by atoms with Gasteiger partial charge in [-0.25, -0.2) is 0 Å². The molecule has 2 aromatic heterocycles. The Balaban J connectivity index is 1.96. The van der Waals surface area contributed by atoms with Crippen molar-refractivity contribution in [1.82, 2.24) is 19.7 Å². The molecule has 20 heavy (non-hydrogen) atoms. The molecule has 0 fully saturated rings. The molecule has 0 radical (unpaired) electrons. The van der Waals surface area contributed by atoms with Gasteiger partial charge in [-0.2, -0.15) is 5.10 Å². The Morgan fingerprint density at radius 1 is 1.35 bits per heavy atom. The number of rotatable bonds is 7. The smallest absolute Gasteiger partial charge is 0.0538 e. The lowest BCUT2D eigenvalue weighted by atomic mass is 10.1. The maximum atomic E-state index is 5.94. The van der Waals surface area contributed by atoms with Crippen molar-refractivity contribution < 1.29 is 0 Å². The van der Waals surface area contributed by atoms with Gasteiger partial charge in [0.1, 0.15) is 0 Å². The van der Waals surface area contributed by atoms with Crippen LogP contribution in [-0.2, 0) is 13.0 Å². The summed E-state index contributed by atoms with van der Waals surface area (Å²) in [5.74, 6) is 0. The average molecular weight is 273 g/mol. The summed E-state index contributed by atoms with van der Waals surface area (Å²) in [6.07, 6.45) is 8.67. The van der Waals surface area contributed by atoms with Crippen LogP contribution in [0.3, 0.4) is 0 Å². The van der Waals surface area contributed by atoms with Gasteiger partial charge in [-0.3, -0.25) is 14.6 Å². The molecule has 1 atom stereocenters. The Bertz CT molecular complexity index is 508. The summed E-state index contributed by atoms with van der Waals surface area (Å²) in [5.41, 5.74) is 8.42. The van der Waals surface area contributed by atoms with Crippen LogP contribution in [0.25, 0.3) is 0 Å². The van der Waals surface area contributed by atoms with E-state index in [0.717, 1.165) is 19.5 Å². The molecule has 2 N–H and O–H groups in total. The van der Waals surface area contributed by atoms with Gasteiger partial charge in [-0.15, -0.1) is 0 Å². The summed E-state index contributed by atoms with van der Waals surface area (Å²) in [4.78, 5) is 6.33. The third kappa shape index (κ3) is 3.65. The first-order valence-electron chi connectivity index (χ1n) is 7.06. The number of nitrogens with two attached hydrogens (primary N) is 1. The maximum absolute atomic E-state index is 5.94. The summed E-state index contributed by atoms with van der Waals surface area (Å²) in [6, 6.07) is 4.33. The molecule has 0 aliphatic carbocycles. The summed E-state index contributed by atoms with van der Waals surface area (Å²) >= 11 is 0. The Morgan fingerprint density at radius 2 is 2.10 bits per heavy atom. The third-order valence-corrected chi connectivity index (χ3v) is 3.62. The van der Waals surface area contributed by atoms with E-state index in [-0.39, 0.29) is 6.04 Å².